The Hall–Kier alpha value is -2.48. The molecular formula is C16H10N2. The van der Waals surface area contributed by atoms with Crippen LogP contribution in [0.5, 0.6) is 0 Å². The molecule has 2 nitrogen and oxygen atoms in total. The van der Waals surface area contributed by atoms with E-state index in [1.54, 1.807) is 0 Å². The quantitative estimate of drug-likeness (QED) is 0.428. The summed E-state index contributed by atoms with van der Waals surface area (Å²) in [6, 6.07) is 16.6. The molecule has 0 atom stereocenters. The van der Waals surface area contributed by atoms with Crippen LogP contribution in [0.1, 0.15) is 0 Å². The molecule has 2 heteroatoms. The van der Waals surface area contributed by atoms with Crippen molar-refractivity contribution in [1.82, 2.24) is 9.97 Å². The second-order valence-electron chi connectivity index (χ2n) is 4.38. The van der Waals surface area contributed by atoms with Crippen molar-refractivity contribution in [3.8, 4) is 0 Å². The minimum atomic E-state index is 0.946. The molecule has 0 saturated heterocycles. The van der Waals surface area contributed by atoms with Gasteiger partial charge in [0.05, 0.1) is 11.0 Å². The van der Waals surface area contributed by atoms with Gasteiger partial charge in [-0.3, -0.25) is 9.97 Å². The Balaban J connectivity index is 2.38. The number of nitrogens with zero attached hydrogens (tertiary/aromatic N) is 2. The molecule has 84 valence electrons. The Morgan fingerprint density at radius 1 is 0.722 bits per heavy atom. The zero-order valence-corrected chi connectivity index (χ0v) is 9.67. The van der Waals surface area contributed by atoms with E-state index >= 15 is 0 Å². The van der Waals surface area contributed by atoms with E-state index in [4.69, 9.17) is 0 Å². The first kappa shape index (κ1) is 9.54. The number of benzene rings is 2. The maximum atomic E-state index is 4.50. The van der Waals surface area contributed by atoms with Gasteiger partial charge in [0.1, 0.15) is 0 Å². The lowest BCUT2D eigenvalue weighted by Crippen LogP contribution is -1.86. The Kier molecular flexibility index (Phi) is 1.86. The van der Waals surface area contributed by atoms with Gasteiger partial charge in [0.25, 0.3) is 0 Å². The van der Waals surface area contributed by atoms with Gasteiger partial charge in [0.15, 0.2) is 0 Å². The third-order valence-corrected chi connectivity index (χ3v) is 3.33. The summed E-state index contributed by atoms with van der Waals surface area (Å²) in [5.74, 6) is 0. The zero-order valence-electron chi connectivity index (χ0n) is 9.67. The zero-order chi connectivity index (χ0) is 11.9. The maximum Gasteiger partial charge on any atom is 0.0971 e. The summed E-state index contributed by atoms with van der Waals surface area (Å²) in [6.07, 6.45) is 3.75. The summed E-state index contributed by atoms with van der Waals surface area (Å²) in [7, 11) is 0. The molecule has 0 amide bonds. The van der Waals surface area contributed by atoms with Gasteiger partial charge in [-0.25, -0.2) is 0 Å². The van der Waals surface area contributed by atoms with Crippen LogP contribution in [0.4, 0.5) is 0 Å². The third-order valence-electron chi connectivity index (χ3n) is 3.33. The van der Waals surface area contributed by atoms with Gasteiger partial charge in [-0.2, -0.15) is 0 Å². The highest BCUT2D eigenvalue weighted by atomic mass is 14.7. The normalized spacial score (nSPS) is 11.3. The summed E-state index contributed by atoms with van der Waals surface area (Å²) in [5, 5.41) is 4.81. The number of hydrogen-bond acceptors (Lipinski definition) is 2. The van der Waals surface area contributed by atoms with E-state index in [-0.39, 0.29) is 0 Å². The highest BCUT2D eigenvalue weighted by molar-refractivity contribution is 6.17. The summed E-state index contributed by atoms with van der Waals surface area (Å²) in [4.78, 5) is 8.95. The number of pyridine rings is 2. The maximum absolute atomic E-state index is 4.50. The van der Waals surface area contributed by atoms with Crippen LogP contribution < -0.4 is 0 Å². The standard InChI is InChI=1S/C16H10N2/c1-2-5-13-11(4-1)7-8-12-10-18-14-6-3-9-17-16(14)15(12)13/h1-10H. The summed E-state index contributed by atoms with van der Waals surface area (Å²) >= 11 is 0. The molecule has 2 aromatic heterocycles. The largest absolute Gasteiger partial charge is 0.254 e. The molecular weight excluding hydrogens is 220 g/mol. The first-order valence-electron chi connectivity index (χ1n) is 5.95. The van der Waals surface area contributed by atoms with Gasteiger partial charge in [-0.05, 0) is 22.9 Å². The van der Waals surface area contributed by atoms with Crippen molar-refractivity contribution >= 4 is 32.6 Å². The predicted molar refractivity (Wildman–Crippen MR) is 74.6 cm³/mol. The van der Waals surface area contributed by atoms with Crippen LogP contribution in [-0.4, -0.2) is 9.97 Å². The molecule has 0 aliphatic rings. The smallest absolute Gasteiger partial charge is 0.0971 e. The van der Waals surface area contributed by atoms with Crippen LogP contribution in [0.25, 0.3) is 32.6 Å². The Morgan fingerprint density at radius 2 is 1.61 bits per heavy atom. The summed E-state index contributed by atoms with van der Waals surface area (Å²) < 4.78 is 0. The molecule has 0 radical (unpaired) electrons. The van der Waals surface area contributed by atoms with Gasteiger partial charge in [-0.1, -0.05) is 36.4 Å². The summed E-state index contributed by atoms with van der Waals surface area (Å²) in [6.45, 7) is 0. The first-order valence-corrected chi connectivity index (χ1v) is 5.95. The van der Waals surface area contributed by atoms with Gasteiger partial charge < -0.3 is 0 Å². The molecule has 0 N–H and O–H groups in total. The van der Waals surface area contributed by atoms with Gasteiger partial charge in [-0.15, -0.1) is 0 Å². The SMILES string of the molecule is c1ccc2c(c1)ccc1cnc3cccnc3c12. The van der Waals surface area contributed by atoms with Crippen LogP contribution in [0, 0.1) is 0 Å². The van der Waals surface area contributed by atoms with E-state index < -0.39 is 0 Å². The molecule has 4 rings (SSSR count). The molecule has 2 aromatic carbocycles. The third kappa shape index (κ3) is 1.23. The van der Waals surface area contributed by atoms with Crippen molar-refractivity contribution in [3.63, 3.8) is 0 Å². The fourth-order valence-electron chi connectivity index (χ4n) is 2.49. The molecule has 0 unspecified atom stereocenters. The molecule has 0 aliphatic heterocycles. The minimum absolute atomic E-state index is 0.946. The first-order chi connectivity index (χ1) is 8.93. The molecule has 0 aliphatic carbocycles. The van der Waals surface area contributed by atoms with Crippen molar-refractivity contribution in [2.45, 2.75) is 0 Å². The van der Waals surface area contributed by atoms with E-state index in [9.17, 15) is 0 Å². The van der Waals surface area contributed by atoms with E-state index in [0.29, 0.717) is 0 Å². The van der Waals surface area contributed by atoms with Crippen molar-refractivity contribution in [2.24, 2.45) is 0 Å². The van der Waals surface area contributed by atoms with Gasteiger partial charge in [0.2, 0.25) is 0 Å². The number of aromatic nitrogens is 2. The van der Waals surface area contributed by atoms with Crippen LogP contribution in [0.2, 0.25) is 0 Å². The van der Waals surface area contributed by atoms with Crippen LogP contribution in [0.15, 0.2) is 60.9 Å². The van der Waals surface area contributed by atoms with Crippen molar-refractivity contribution in [2.75, 3.05) is 0 Å². The van der Waals surface area contributed by atoms with Crippen molar-refractivity contribution in [3.05, 3.63) is 60.9 Å². The van der Waals surface area contributed by atoms with Crippen LogP contribution >= 0.6 is 0 Å². The molecule has 18 heavy (non-hydrogen) atoms. The predicted octanol–water partition coefficient (Wildman–Crippen LogP) is 3.94. The number of rotatable bonds is 0. The molecule has 0 saturated carbocycles. The average molecular weight is 230 g/mol. The number of fused-ring (bicyclic) bond motifs is 5. The van der Waals surface area contributed by atoms with Crippen molar-refractivity contribution < 1.29 is 0 Å². The lowest BCUT2D eigenvalue weighted by Gasteiger charge is -2.06. The molecule has 0 bridgehead atoms. The van der Waals surface area contributed by atoms with Gasteiger partial charge in [0, 0.05) is 23.2 Å². The Morgan fingerprint density at radius 3 is 2.61 bits per heavy atom. The lowest BCUT2D eigenvalue weighted by atomic mass is 10.0. The summed E-state index contributed by atoms with van der Waals surface area (Å²) in [5.41, 5.74) is 1.92. The van der Waals surface area contributed by atoms with E-state index in [1.807, 2.05) is 24.5 Å². The second kappa shape index (κ2) is 3.50. The topological polar surface area (TPSA) is 25.8 Å². The average Bonchev–Trinajstić information content (AvgIpc) is 2.46. The van der Waals surface area contributed by atoms with E-state index in [1.165, 1.54) is 16.2 Å². The number of hydrogen-bond donors (Lipinski definition) is 0. The van der Waals surface area contributed by atoms with Crippen LogP contribution in [-0.2, 0) is 0 Å². The Bertz CT molecular complexity index is 811. The van der Waals surface area contributed by atoms with Crippen molar-refractivity contribution in [1.29, 1.82) is 0 Å². The lowest BCUT2D eigenvalue weighted by molar-refractivity contribution is 1.37. The van der Waals surface area contributed by atoms with E-state index in [2.05, 4.69) is 46.4 Å². The fraction of sp³-hybridized carbons (Fsp3) is 0. The highest BCUT2D eigenvalue weighted by Gasteiger charge is 2.06. The molecule has 0 spiro atoms. The highest BCUT2D eigenvalue weighted by Crippen LogP contribution is 2.29. The minimum Gasteiger partial charge on any atom is -0.254 e. The van der Waals surface area contributed by atoms with Gasteiger partial charge >= 0.3 is 0 Å². The monoisotopic (exact) mass is 230 g/mol. The fourth-order valence-corrected chi connectivity index (χ4v) is 2.49. The second-order valence-corrected chi connectivity index (χ2v) is 4.38. The molecule has 0 fully saturated rings. The Labute approximate surface area is 104 Å². The van der Waals surface area contributed by atoms with E-state index in [0.717, 1.165) is 16.4 Å². The molecule has 4 aromatic rings. The molecule has 2 heterocycles. The van der Waals surface area contributed by atoms with Crippen LogP contribution in [0.3, 0.4) is 0 Å².